The SMILES string of the molecule is CCCCCCCCCC/C=C/CC/C=C/C(O)C(CS(=O)(=O)O)NC(=O)CCCCCCCCCCCCCC. The van der Waals surface area contributed by atoms with Crippen molar-refractivity contribution in [1.82, 2.24) is 5.32 Å². The third-order valence-corrected chi connectivity index (χ3v) is 8.41. The van der Waals surface area contributed by atoms with Crippen molar-refractivity contribution in [3.8, 4) is 0 Å². The molecular formula is C34H65NO5S. The number of aliphatic hydroxyl groups excluding tert-OH is 1. The van der Waals surface area contributed by atoms with Gasteiger partial charge < -0.3 is 10.4 Å². The fourth-order valence-corrected chi connectivity index (χ4v) is 5.79. The summed E-state index contributed by atoms with van der Waals surface area (Å²) >= 11 is 0. The Morgan fingerprint density at radius 2 is 1.05 bits per heavy atom. The Labute approximate surface area is 254 Å². The fraction of sp³-hybridized carbons (Fsp3) is 0.853. The fourth-order valence-electron chi connectivity index (χ4n) is 5.05. The molecule has 0 aromatic heterocycles. The Balaban J connectivity index is 4.09. The molecule has 0 aromatic rings. The van der Waals surface area contributed by atoms with Crippen LogP contribution in [0.3, 0.4) is 0 Å². The van der Waals surface area contributed by atoms with Gasteiger partial charge in [-0.1, -0.05) is 154 Å². The van der Waals surface area contributed by atoms with Gasteiger partial charge in [-0.05, 0) is 32.1 Å². The molecule has 0 radical (unpaired) electrons. The lowest BCUT2D eigenvalue weighted by Gasteiger charge is -2.21. The van der Waals surface area contributed by atoms with Gasteiger partial charge in [-0.2, -0.15) is 8.42 Å². The molecule has 1 amide bonds. The van der Waals surface area contributed by atoms with E-state index in [0.29, 0.717) is 6.42 Å². The lowest BCUT2D eigenvalue weighted by Crippen LogP contribution is -2.46. The van der Waals surface area contributed by atoms with Crippen LogP contribution in [-0.2, 0) is 14.9 Å². The van der Waals surface area contributed by atoms with Crippen molar-refractivity contribution in [2.75, 3.05) is 5.75 Å². The predicted octanol–water partition coefficient (Wildman–Crippen LogP) is 9.23. The van der Waals surface area contributed by atoms with Gasteiger partial charge in [-0.3, -0.25) is 9.35 Å². The first kappa shape index (κ1) is 39.8. The second kappa shape index (κ2) is 28.9. The van der Waals surface area contributed by atoms with Crippen molar-refractivity contribution < 1.29 is 22.9 Å². The molecule has 41 heavy (non-hydrogen) atoms. The number of carbonyl (C=O) groups excluding carboxylic acids is 1. The van der Waals surface area contributed by atoms with Gasteiger partial charge in [0.15, 0.2) is 0 Å². The largest absolute Gasteiger partial charge is 0.387 e. The van der Waals surface area contributed by atoms with Crippen molar-refractivity contribution in [2.24, 2.45) is 0 Å². The summed E-state index contributed by atoms with van der Waals surface area (Å²) in [7, 11) is -4.34. The number of unbranched alkanes of at least 4 members (excludes halogenated alkanes) is 20. The van der Waals surface area contributed by atoms with Crippen LogP contribution in [0.2, 0.25) is 0 Å². The molecule has 7 heteroatoms. The van der Waals surface area contributed by atoms with E-state index in [1.165, 1.54) is 115 Å². The topological polar surface area (TPSA) is 104 Å². The van der Waals surface area contributed by atoms with Crippen molar-refractivity contribution in [3.05, 3.63) is 24.3 Å². The van der Waals surface area contributed by atoms with Gasteiger partial charge >= 0.3 is 0 Å². The molecule has 0 heterocycles. The number of aliphatic hydroxyl groups is 1. The van der Waals surface area contributed by atoms with Gasteiger partial charge in [-0.25, -0.2) is 0 Å². The summed E-state index contributed by atoms with van der Waals surface area (Å²) in [6.45, 7) is 4.48. The molecule has 0 aliphatic carbocycles. The summed E-state index contributed by atoms with van der Waals surface area (Å²) < 4.78 is 32.2. The average Bonchev–Trinajstić information content (AvgIpc) is 2.92. The Hall–Kier alpha value is -1.18. The zero-order valence-corrected chi connectivity index (χ0v) is 27.5. The molecule has 0 bridgehead atoms. The maximum absolute atomic E-state index is 12.4. The molecule has 0 spiro atoms. The number of rotatable bonds is 30. The molecule has 0 saturated heterocycles. The number of hydrogen-bond donors (Lipinski definition) is 3. The number of carbonyl (C=O) groups is 1. The normalized spacial score (nSPS) is 13.8. The number of amides is 1. The maximum atomic E-state index is 12.4. The zero-order chi connectivity index (χ0) is 30.4. The van der Waals surface area contributed by atoms with E-state index in [4.69, 9.17) is 0 Å². The molecule has 0 aliphatic rings. The summed E-state index contributed by atoms with van der Waals surface area (Å²) in [5.74, 6) is -0.997. The predicted molar refractivity (Wildman–Crippen MR) is 175 cm³/mol. The van der Waals surface area contributed by atoms with Crippen LogP contribution < -0.4 is 5.32 Å². The first-order chi connectivity index (χ1) is 19.8. The molecule has 0 saturated carbocycles. The van der Waals surface area contributed by atoms with Gasteiger partial charge in [0.1, 0.15) is 0 Å². The minimum atomic E-state index is -4.34. The molecule has 2 unspecified atom stereocenters. The van der Waals surface area contributed by atoms with E-state index in [9.17, 15) is 22.9 Å². The quantitative estimate of drug-likeness (QED) is 0.0434. The van der Waals surface area contributed by atoms with Gasteiger partial charge in [0.25, 0.3) is 10.1 Å². The highest BCUT2D eigenvalue weighted by molar-refractivity contribution is 7.85. The van der Waals surface area contributed by atoms with Crippen LogP contribution in [0.1, 0.15) is 168 Å². The monoisotopic (exact) mass is 599 g/mol. The highest BCUT2D eigenvalue weighted by Gasteiger charge is 2.24. The summed E-state index contributed by atoms with van der Waals surface area (Å²) in [5.41, 5.74) is 0. The lowest BCUT2D eigenvalue weighted by molar-refractivity contribution is -0.122. The third kappa shape index (κ3) is 30.1. The molecule has 0 aromatic carbocycles. The van der Waals surface area contributed by atoms with E-state index >= 15 is 0 Å². The molecular weight excluding hydrogens is 534 g/mol. The standard InChI is InChI=1S/C34H65NO5S/c1-3-5-7-9-11-13-15-17-18-19-21-23-25-27-29-33(36)32(31-41(38,39)40)35-34(37)30-28-26-24-22-20-16-14-12-10-8-6-4-2/h19,21,27,29,32-33,36H,3-18,20,22-26,28,30-31H2,1-2H3,(H,35,37)(H,38,39,40)/b21-19+,29-27+. The number of allylic oxidation sites excluding steroid dienone is 3. The van der Waals surface area contributed by atoms with Crippen LogP contribution in [0, 0.1) is 0 Å². The summed E-state index contributed by atoms with van der Waals surface area (Å²) in [6.07, 6.45) is 34.4. The smallest absolute Gasteiger partial charge is 0.267 e. The van der Waals surface area contributed by atoms with Crippen LogP contribution >= 0.6 is 0 Å². The van der Waals surface area contributed by atoms with Crippen LogP contribution in [0.5, 0.6) is 0 Å². The van der Waals surface area contributed by atoms with Crippen molar-refractivity contribution in [2.45, 2.75) is 180 Å². The first-order valence-electron chi connectivity index (χ1n) is 17.0. The molecule has 6 nitrogen and oxygen atoms in total. The second-order valence-corrected chi connectivity index (χ2v) is 13.3. The molecule has 0 fully saturated rings. The molecule has 2 atom stereocenters. The van der Waals surface area contributed by atoms with E-state index in [-0.39, 0.29) is 5.91 Å². The third-order valence-electron chi connectivity index (χ3n) is 7.63. The van der Waals surface area contributed by atoms with Crippen molar-refractivity contribution >= 4 is 16.0 Å². The summed E-state index contributed by atoms with van der Waals surface area (Å²) in [4.78, 5) is 12.4. The summed E-state index contributed by atoms with van der Waals surface area (Å²) in [6, 6.07) is -1.07. The Morgan fingerprint density at radius 3 is 1.54 bits per heavy atom. The van der Waals surface area contributed by atoms with Gasteiger partial charge in [0.05, 0.1) is 17.9 Å². The van der Waals surface area contributed by atoms with E-state index in [1.54, 1.807) is 6.08 Å². The van der Waals surface area contributed by atoms with Crippen molar-refractivity contribution in [3.63, 3.8) is 0 Å². The number of hydrogen-bond acceptors (Lipinski definition) is 4. The van der Waals surface area contributed by atoms with Gasteiger partial charge in [0, 0.05) is 6.42 Å². The zero-order valence-electron chi connectivity index (χ0n) is 26.7. The van der Waals surface area contributed by atoms with Gasteiger partial charge in [-0.15, -0.1) is 0 Å². The highest BCUT2D eigenvalue weighted by Crippen LogP contribution is 2.13. The minimum Gasteiger partial charge on any atom is -0.387 e. The molecule has 242 valence electrons. The van der Waals surface area contributed by atoms with Crippen LogP contribution in [0.4, 0.5) is 0 Å². The van der Waals surface area contributed by atoms with Crippen LogP contribution in [-0.4, -0.2) is 41.9 Å². The van der Waals surface area contributed by atoms with E-state index in [2.05, 4.69) is 31.3 Å². The first-order valence-corrected chi connectivity index (χ1v) is 18.6. The number of nitrogens with one attached hydrogen (secondary N) is 1. The lowest BCUT2D eigenvalue weighted by atomic mass is 10.0. The summed E-state index contributed by atoms with van der Waals surface area (Å²) in [5, 5.41) is 13.1. The van der Waals surface area contributed by atoms with E-state index in [0.717, 1.165) is 38.5 Å². The maximum Gasteiger partial charge on any atom is 0.267 e. The highest BCUT2D eigenvalue weighted by atomic mass is 32.2. The minimum absolute atomic E-state index is 0.290. The van der Waals surface area contributed by atoms with E-state index < -0.39 is 28.0 Å². The molecule has 0 aliphatic heterocycles. The van der Waals surface area contributed by atoms with Crippen LogP contribution in [0.25, 0.3) is 0 Å². The van der Waals surface area contributed by atoms with Crippen molar-refractivity contribution in [1.29, 1.82) is 0 Å². The average molecular weight is 600 g/mol. The Kier molecular flexibility index (Phi) is 28.1. The molecule has 3 N–H and O–H groups in total. The van der Waals surface area contributed by atoms with Gasteiger partial charge in [0.2, 0.25) is 5.91 Å². The second-order valence-electron chi connectivity index (χ2n) is 11.8. The Morgan fingerprint density at radius 1 is 0.634 bits per heavy atom. The Bertz CT molecular complexity index is 750. The molecule has 0 rings (SSSR count). The van der Waals surface area contributed by atoms with E-state index in [1.807, 2.05) is 0 Å². The van der Waals surface area contributed by atoms with Crippen LogP contribution in [0.15, 0.2) is 24.3 Å².